The number of carbonyl (C=O) groups excluding carboxylic acids is 1. The lowest BCUT2D eigenvalue weighted by Gasteiger charge is -2.32. The molecule has 4 rings (SSSR count). The highest BCUT2D eigenvalue weighted by Crippen LogP contribution is 2.32. The van der Waals surface area contributed by atoms with Gasteiger partial charge in [0.25, 0.3) is 5.91 Å². The lowest BCUT2D eigenvalue weighted by molar-refractivity contribution is -0.142. The molecule has 1 amide bonds. The Kier molecular flexibility index (Phi) is 4.78. The van der Waals surface area contributed by atoms with Gasteiger partial charge in [0.2, 0.25) is 0 Å². The van der Waals surface area contributed by atoms with Gasteiger partial charge in [-0.25, -0.2) is 9.97 Å². The number of rotatable bonds is 5. The zero-order chi connectivity index (χ0) is 19.9. The molecule has 0 bridgehead atoms. The van der Waals surface area contributed by atoms with E-state index in [0.717, 1.165) is 24.2 Å². The molecule has 3 aromatic rings. The Morgan fingerprint density at radius 2 is 2.07 bits per heavy atom. The van der Waals surface area contributed by atoms with Crippen LogP contribution in [-0.2, 0) is 0 Å². The average Bonchev–Trinajstić information content (AvgIpc) is 3.23. The summed E-state index contributed by atoms with van der Waals surface area (Å²) in [6.45, 7) is -1.16. The standard InChI is InChI=1S/C18H17ClF3N5O.H2/c19-12-6-24-16-14(12)15(25-9-26-16)11-4-13(23-5-11)17(28)27(8-18(20,21)22)7-10-2-1-3-10;/h4-6,9-10,23H,1-3,7-8H2,(H,24,25,26);1H. The summed E-state index contributed by atoms with van der Waals surface area (Å²) in [5.74, 6) is -0.554. The molecule has 1 aliphatic carbocycles. The quantitative estimate of drug-likeness (QED) is 0.638. The maximum atomic E-state index is 13.0. The SMILES string of the molecule is O=C(c1cc(-c2ncnc3[nH]cc(Cl)c23)c[nH]1)N(CC1CCC1)CC(F)(F)F.[HH]. The third-order valence-corrected chi connectivity index (χ3v) is 5.27. The molecule has 0 aromatic carbocycles. The lowest BCUT2D eigenvalue weighted by atomic mass is 9.85. The van der Waals surface area contributed by atoms with Crippen LogP contribution in [0.1, 0.15) is 31.2 Å². The van der Waals surface area contributed by atoms with Gasteiger partial charge in [0.15, 0.2) is 0 Å². The van der Waals surface area contributed by atoms with Crippen molar-refractivity contribution in [2.45, 2.75) is 25.4 Å². The smallest absolute Gasteiger partial charge is 0.357 e. The molecule has 6 nitrogen and oxygen atoms in total. The number of fused-ring (bicyclic) bond motifs is 1. The maximum absolute atomic E-state index is 13.0. The van der Waals surface area contributed by atoms with E-state index < -0.39 is 18.6 Å². The van der Waals surface area contributed by atoms with E-state index in [1.165, 1.54) is 18.6 Å². The molecule has 0 spiro atoms. The van der Waals surface area contributed by atoms with Crippen LogP contribution >= 0.6 is 11.6 Å². The van der Waals surface area contributed by atoms with Crippen LogP contribution in [0.5, 0.6) is 0 Å². The van der Waals surface area contributed by atoms with Crippen molar-refractivity contribution >= 4 is 28.5 Å². The fraction of sp³-hybridized carbons (Fsp3) is 0.389. The van der Waals surface area contributed by atoms with Crippen molar-refractivity contribution < 1.29 is 19.4 Å². The van der Waals surface area contributed by atoms with Crippen molar-refractivity contribution in [1.29, 1.82) is 0 Å². The van der Waals surface area contributed by atoms with Crippen molar-refractivity contribution in [3.63, 3.8) is 0 Å². The number of aromatic amines is 2. The van der Waals surface area contributed by atoms with Crippen LogP contribution in [-0.4, -0.2) is 50.0 Å². The zero-order valence-corrected chi connectivity index (χ0v) is 15.4. The molecule has 150 valence electrons. The van der Waals surface area contributed by atoms with Crippen molar-refractivity contribution in [2.75, 3.05) is 13.1 Å². The van der Waals surface area contributed by atoms with Crippen LogP contribution in [0.2, 0.25) is 5.02 Å². The van der Waals surface area contributed by atoms with E-state index in [9.17, 15) is 18.0 Å². The average molecular weight is 414 g/mol. The van der Waals surface area contributed by atoms with E-state index in [4.69, 9.17) is 11.6 Å². The summed E-state index contributed by atoms with van der Waals surface area (Å²) in [7, 11) is 0. The van der Waals surface area contributed by atoms with Gasteiger partial charge < -0.3 is 14.9 Å². The summed E-state index contributed by atoms with van der Waals surface area (Å²) in [4.78, 5) is 27.6. The number of nitrogens with one attached hydrogen (secondary N) is 2. The molecule has 28 heavy (non-hydrogen) atoms. The number of H-pyrrole nitrogens is 2. The summed E-state index contributed by atoms with van der Waals surface area (Å²) in [6.07, 6.45) is 2.70. The van der Waals surface area contributed by atoms with Crippen LogP contribution in [0.4, 0.5) is 13.2 Å². The van der Waals surface area contributed by atoms with Crippen LogP contribution in [0.3, 0.4) is 0 Å². The van der Waals surface area contributed by atoms with E-state index >= 15 is 0 Å². The minimum absolute atomic E-state index is 0. The topological polar surface area (TPSA) is 77.7 Å². The highest BCUT2D eigenvalue weighted by Gasteiger charge is 2.35. The van der Waals surface area contributed by atoms with Gasteiger partial charge in [-0.2, -0.15) is 13.2 Å². The Bertz CT molecular complexity index is 1010. The first-order valence-corrected chi connectivity index (χ1v) is 9.22. The highest BCUT2D eigenvalue weighted by molar-refractivity contribution is 6.36. The van der Waals surface area contributed by atoms with Gasteiger partial charge >= 0.3 is 6.18 Å². The third-order valence-electron chi connectivity index (χ3n) is 4.97. The largest absolute Gasteiger partial charge is 0.406 e. The second-order valence-electron chi connectivity index (χ2n) is 6.98. The fourth-order valence-electron chi connectivity index (χ4n) is 3.39. The summed E-state index contributed by atoms with van der Waals surface area (Å²) in [5.41, 5.74) is 1.66. The molecular weight excluding hydrogens is 395 g/mol. The molecule has 0 saturated heterocycles. The van der Waals surface area contributed by atoms with Gasteiger partial charge in [-0.15, -0.1) is 0 Å². The van der Waals surface area contributed by atoms with Gasteiger partial charge in [-0.1, -0.05) is 18.0 Å². The Morgan fingerprint density at radius 3 is 2.75 bits per heavy atom. The predicted molar refractivity (Wildman–Crippen MR) is 100 cm³/mol. The van der Waals surface area contributed by atoms with Crippen molar-refractivity contribution in [1.82, 2.24) is 24.8 Å². The molecule has 0 radical (unpaired) electrons. The van der Waals surface area contributed by atoms with E-state index in [0.29, 0.717) is 27.3 Å². The molecule has 3 aromatic heterocycles. The first kappa shape index (κ1) is 18.8. The lowest BCUT2D eigenvalue weighted by Crippen LogP contribution is -2.43. The Morgan fingerprint density at radius 1 is 1.29 bits per heavy atom. The monoisotopic (exact) mass is 413 g/mol. The number of aromatic nitrogens is 4. The van der Waals surface area contributed by atoms with Crippen LogP contribution < -0.4 is 0 Å². The maximum Gasteiger partial charge on any atom is 0.406 e. The first-order valence-electron chi connectivity index (χ1n) is 8.84. The van der Waals surface area contributed by atoms with Crippen LogP contribution in [0, 0.1) is 5.92 Å². The number of amides is 1. The summed E-state index contributed by atoms with van der Waals surface area (Å²) < 4.78 is 38.9. The molecule has 3 heterocycles. The number of hydrogen-bond acceptors (Lipinski definition) is 3. The molecule has 0 atom stereocenters. The molecule has 10 heteroatoms. The molecule has 1 fully saturated rings. The van der Waals surface area contributed by atoms with E-state index in [2.05, 4.69) is 19.9 Å². The highest BCUT2D eigenvalue weighted by atomic mass is 35.5. The van der Waals surface area contributed by atoms with E-state index in [1.54, 1.807) is 6.20 Å². The zero-order valence-electron chi connectivity index (χ0n) is 14.7. The third kappa shape index (κ3) is 3.71. The Hall–Kier alpha value is -2.55. The van der Waals surface area contributed by atoms with Gasteiger partial charge in [-0.05, 0) is 24.8 Å². The molecule has 1 saturated carbocycles. The Balaban J connectivity index is 0.00000240. The summed E-state index contributed by atoms with van der Waals surface area (Å²) >= 11 is 6.18. The number of halogens is 4. The number of carbonyl (C=O) groups is 1. The fourth-order valence-corrected chi connectivity index (χ4v) is 3.63. The van der Waals surface area contributed by atoms with E-state index in [1.807, 2.05) is 0 Å². The van der Waals surface area contributed by atoms with Crippen molar-refractivity contribution in [2.24, 2.45) is 5.92 Å². The van der Waals surface area contributed by atoms with Crippen molar-refractivity contribution in [3.05, 3.63) is 35.5 Å². The van der Waals surface area contributed by atoms with Crippen molar-refractivity contribution in [3.8, 4) is 11.3 Å². The minimum Gasteiger partial charge on any atom is -0.357 e. The van der Waals surface area contributed by atoms with Gasteiger partial charge in [0.1, 0.15) is 24.2 Å². The molecular formula is C18H19ClF3N5O. The predicted octanol–water partition coefficient (Wildman–Crippen LogP) is 4.66. The van der Waals surface area contributed by atoms with Gasteiger partial charge in [0.05, 0.1) is 16.1 Å². The normalized spacial score (nSPS) is 15.0. The number of alkyl halides is 3. The minimum atomic E-state index is -4.45. The van der Waals surface area contributed by atoms with Gasteiger partial charge in [0, 0.05) is 25.9 Å². The molecule has 0 unspecified atom stereocenters. The van der Waals surface area contributed by atoms with E-state index in [-0.39, 0.29) is 19.6 Å². The second kappa shape index (κ2) is 7.12. The second-order valence-corrected chi connectivity index (χ2v) is 7.39. The molecule has 0 aliphatic heterocycles. The van der Waals surface area contributed by atoms with Crippen LogP contribution in [0.25, 0.3) is 22.3 Å². The molecule has 1 aliphatic rings. The molecule has 2 N–H and O–H groups in total. The first-order chi connectivity index (χ1) is 13.3. The summed E-state index contributed by atoms with van der Waals surface area (Å²) in [6, 6.07) is 1.50. The van der Waals surface area contributed by atoms with Crippen LogP contribution in [0.15, 0.2) is 24.8 Å². The van der Waals surface area contributed by atoms with Gasteiger partial charge in [-0.3, -0.25) is 4.79 Å². The Labute approximate surface area is 164 Å². The number of nitrogens with zero attached hydrogens (tertiary/aromatic N) is 3. The summed E-state index contributed by atoms with van der Waals surface area (Å²) in [5, 5.41) is 1.01. The number of hydrogen-bond donors (Lipinski definition) is 2.